The molecule has 0 aliphatic carbocycles. The number of rotatable bonds is 4. The summed E-state index contributed by atoms with van der Waals surface area (Å²) in [4.78, 5) is 17.9. The molecule has 164 valence electrons. The van der Waals surface area contributed by atoms with E-state index in [2.05, 4.69) is 58.4 Å². The SMILES string of the molecule is CC1CCC2CCN1CC2C(=O)Nc1ccc(-c2ccc(N3CCOCC3)cc2)cc1. The van der Waals surface area contributed by atoms with Crippen LogP contribution in [0.25, 0.3) is 11.1 Å². The first-order chi connectivity index (χ1) is 15.2. The van der Waals surface area contributed by atoms with Gasteiger partial charge in [-0.25, -0.2) is 0 Å². The van der Waals surface area contributed by atoms with E-state index < -0.39 is 0 Å². The number of benzene rings is 2. The lowest BCUT2D eigenvalue weighted by Crippen LogP contribution is -2.45. The van der Waals surface area contributed by atoms with Crippen molar-refractivity contribution in [1.82, 2.24) is 4.90 Å². The van der Waals surface area contributed by atoms with Gasteiger partial charge in [0.15, 0.2) is 0 Å². The molecule has 31 heavy (non-hydrogen) atoms. The van der Waals surface area contributed by atoms with Crippen molar-refractivity contribution in [2.24, 2.45) is 11.8 Å². The molecule has 4 aliphatic rings. The third kappa shape index (κ3) is 4.48. The summed E-state index contributed by atoms with van der Waals surface area (Å²) in [6.45, 7) is 7.86. The minimum absolute atomic E-state index is 0.117. The number of ether oxygens (including phenoxy) is 1. The van der Waals surface area contributed by atoms with Crippen molar-refractivity contribution in [3.05, 3.63) is 48.5 Å². The molecule has 2 aromatic rings. The molecule has 4 unspecified atom stereocenters. The molecule has 0 saturated carbocycles. The quantitative estimate of drug-likeness (QED) is 0.805. The van der Waals surface area contributed by atoms with Gasteiger partial charge in [0.25, 0.3) is 0 Å². The van der Waals surface area contributed by atoms with E-state index in [9.17, 15) is 4.79 Å². The average molecular weight is 420 g/mol. The van der Waals surface area contributed by atoms with Gasteiger partial charge in [-0.15, -0.1) is 0 Å². The molecule has 4 heterocycles. The second-order valence-electron chi connectivity index (χ2n) is 9.29. The second-order valence-corrected chi connectivity index (χ2v) is 9.29. The molecule has 1 N–H and O–H groups in total. The van der Waals surface area contributed by atoms with Crippen molar-refractivity contribution < 1.29 is 9.53 Å². The normalized spacial score (nSPS) is 28.2. The number of fused-ring (bicyclic) bond motifs is 4. The highest BCUT2D eigenvalue weighted by molar-refractivity contribution is 5.93. The number of nitrogens with one attached hydrogen (secondary N) is 1. The van der Waals surface area contributed by atoms with E-state index in [1.165, 1.54) is 29.7 Å². The summed E-state index contributed by atoms with van der Waals surface area (Å²) in [5.41, 5.74) is 4.50. The van der Waals surface area contributed by atoms with Gasteiger partial charge in [-0.05, 0) is 74.0 Å². The van der Waals surface area contributed by atoms with Crippen LogP contribution in [0.2, 0.25) is 0 Å². The molecular formula is C26H33N3O2. The molecule has 4 saturated heterocycles. The van der Waals surface area contributed by atoms with E-state index >= 15 is 0 Å². The van der Waals surface area contributed by atoms with E-state index in [-0.39, 0.29) is 11.8 Å². The van der Waals surface area contributed by atoms with Crippen molar-refractivity contribution >= 4 is 17.3 Å². The Morgan fingerprint density at radius 1 is 0.903 bits per heavy atom. The van der Waals surface area contributed by atoms with Gasteiger partial charge >= 0.3 is 0 Å². The third-order valence-electron chi connectivity index (χ3n) is 7.43. The van der Waals surface area contributed by atoms with Crippen LogP contribution in [0.15, 0.2) is 48.5 Å². The molecule has 1 amide bonds. The fourth-order valence-electron chi connectivity index (χ4n) is 5.37. The first-order valence-electron chi connectivity index (χ1n) is 11.8. The number of morpholine rings is 1. The van der Waals surface area contributed by atoms with Gasteiger partial charge in [0.1, 0.15) is 0 Å². The summed E-state index contributed by atoms with van der Waals surface area (Å²) in [7, 11) is 0. The maximum Gasteiger partial charge on any atom is 0.229 e. The highest BCUT2D eigenvalue weighted by Crippen LogP contribution is 2.35. The number of carbonyl (C=O) groups is 1. The van der Waals surface area contributed by atoms with Crippen LogP contribution in [0.5, 0.6) is 0 Å². The molecule has 0 radical (unpaired) electrons. The summed E-state index contributed by atoms with van der Waals surface area (Å²) in [6, 6.07) is 17.6. The average Bonchev–Trinajstić information content (AvgIpc) is 3.10. The number of nitrogens with zero attached hydrogens (tertiary/aromatic N) is 2. The van der Waals surface area contributed by atoms with Crippen LogP contribution in [0.3, 0.4) is 0 Å². The Balaban J connectivity index is 1.22. The topological polar surface area (TPSA) is 44.8 Å². The van der Waals surface area contributed by atoms with Gasteiger partial charge in [-0.3, -0.25) is 9.69 Å². The minimum Gasteiger partial charge on any atom is -0.378 e. The Morgan fingerprint density at radius 2 is 1.58 bits per heavy atom. The molecule has 2 bridgehead atoms. The summed E-state index contributed by atoms with van der Waals surface area (Å²) in [5.74, 6) is 0.836. The smallest absolute Gasteiger partial charge is 0.229 e. The predicted octanol–water partition coefficient (Wildman–Crippen LogP) is 4.25. The predicted molar refractivity (Wildman–Crippen MR) is 125 cm³/mol. The third-order valence-corrected chi connectivity index (χ3v) is 7.43. The maximum atomic E-state index is 13.0. The fourth-order valence-corrected chi connectivity index (χ4v) is 5.37. The molecule has 5 heteroatoms. The van der Waals surface area contributed by atoms with Crippen LogP contribution in [-0.4, -0.2) is 56.2 Å². The minimum atomic E-state index is 0.117. The molecule has 4 atom stereocenters. The van der Waals surface area contributed by atoms with Crippen LogP contribution in [0, 0.1) is 11.8 Å². The van der Waals surface area contributed by atoms with E-state index in [4.69, 9.17) is 4.74 Å². The van der Waals surface area contributed by atoms with Crippen molar-refractivity contribution in [3.8, 4) is 11.1 Å². The zero-order valence-corrected chi connectivity index (χ0v) is 18.4. The van der Waals surface area contributed by atoms with Gasteiger partial charge < -0.3 is 15.0 Å². The monoisotopic (exact) mass is 419 g/mol. The Kier molecular flexibility index (Phi) is 5.97. The second kappa shape index (κ2) is 9.01. The first-order valence-corrected chi connectivity index (χ1v) is 11.8. The number of hydrogen-bond acceptors (Lipinski definition) is 4. The van der Waals surface area contributed by atoms with E-state index in [1.54, 1.807) is 0 Å². The van der Waals surface area contributed by atoms with Gasteiger partial charge in [0.05, 0.1) is 19.1 Å². The summed E-state index contributed by atoms with van der Waals surface area (Å²) < 4.78 is 5.44. The number of carbonyl (C=O) groups excluding carboxylic acids is 1. The molecule has 0 aromatic heterocycles. The summed E-state index contributed by atoms with van der Waals surface area (Å²) in [6.07, 6.45) is 3.55. The Morgan fingerprint density at radius 3 is 2.29 bits per heavy atom. The van der Waals surface area contributed by atoms with E-state index in [0.717, 1.165) is 51.5 Å². The number of amides is 1. The number of piperidine rings is 1. The lowest BCUT2D eigenvalue weighted by molar-refractivity contribution is -0.123. The zero-order valence-electron chi connectivity index (χ0n) is 18.4. The van der Waals surface area contributed by atoms with Crippen LogP contribution in [0.1, 0.15) is 26.2 Å². The van der Waals surface area contributed by atoms with E-state index in [1.807, 2.05) is 12.1 Å². The van der Waals surface area contributed by atoms with Crippen molar-refractivity contribution in [2.75, 3.05) is 49.6 Å². The molecule has 4 fully saturated rings. The van der Waals surface area contributed by atoms with Gasteiger partial charge in [-0.1, -0.05) is 24.3 Å². The van der Waals surface area contributed by atoms with Gasteiger partial charge in [0.2, 0.25) is 5.91 Å². The molecule has 5 nitrogen and oxygen atoms in total. The van der Waals surface area contributed by atoms with Crippen LogP contribution in [0.4, 0.5) is 11.4 Å². The molecule has 4 aliphatic heterocycles. The molecule has 2 aromatic carbocycles. The molecule has 6 rings (SSSR count). The zero-order chi connectivity index (χ0) is 21.2. The summed E-state index contributed by atoms with van der Waals surface area (Å²) >= 11 is 0. The lowest BCUT2D eigenvalue weighted by atomic mass is 9.84. The highest BCUT2D eigenvalue weighted by Gasteiger charge is 2.38. The van der Waals surface area contributed by atoms with Gasteiger partial charge in [0, 0.05) is 37.1 Å². The Bertz CT molecular complexity index is 890. The van der Waals surface area contributed by atoms with Crippen LogP contribution >= 0.6 is 0 Å². The van der Waals surface area contributed by atoms with Gasteiger partial charge in [-0.2, -0.15) is 0 Å². The standard InChI is InChI=1S/C26H33N3O2/c1-19-2-3-22-12-13-29(19)18-25(22)26(30)27-23-8-4-20(5-9-23)21-6-10-24(11-7-21)28-14-16-31-17-15-28/h4-11,19,22,25H,2-3,12-18H2,1H3,(H,27,30). The summed E-state index contributed by atoms with van der Waals surface area (Å²) in [5, 5.41) is 3.19. The molecular weight excluding hydrogens is 386 g/mol. The fraction of sp³-hybridized carbons (Fsp3) is 0.500. The van der Waals surface area contributed by atoms with Crippen molar-refractivity contribution in [3.63, 3.8) is 0 Å². The lowest BCUT2D eigenvalue weighted by Gasteiger charge is -2.35. The first kappa shape index (κ1) is 20.5. The van der Waals surface area contributed by atoms with Crippen molar-refractivity contribution in [1.29, 1.82) is 0 Å². The Hall–Kier alpha value is -2.37. The Labute approximate surface area is 185 Å². The highest BCUT2D eigenvalue weighted by atomic mass is 16.5. The number of anilines is 2. The van der Waals surface area contributed by atoms with Crippen LogP contribution in [-0.2, 0) is 9.53 Å². The largest absolute Gasteiger partial charge is 0.378 e. The maximum absolute atomic E-state index is 13.0. The molecule has 0 spiro atoms. The van der Waals surface area contributed by atoms with Crippen LogP contribution < -0.4 is 10.2 Å². The van der Waals surface area contributed by atoms with E-state index in [0.29, 0.717) is 12.0 Å². The number of hydrogen-bond donors (Lipinski definition) is 1. The van der Waals surface area contributed by atoms with Crippen molar-refractivity contribution in [2.45, 2.75) is 32.2 Å².